The Bertz CT molecular complexity index is 591. The molecule has 1 rings (SSSR count). The molecular formula is C15H15F3N2O2. The van der Waals surface area contributed by atoms with E-state index in [0.29, 0.717) is 12.8 Å². The van der Waals surface area contributed by atoms with E-state index in [2.05, 4.69) is 11.2 Å². The number of amides is 2. The monoisotopic (exact) mass is 312 g/mol. The maximum atomic E-state index is 12.9. The smallest absolute Gasteiger partial charge is 0.368 e. The predicted octanol–water partition coefficient (Wildman–Crippen LogP) is 2.09. The molecule has 3 N–H and O–H groups in total. The van der Waals surface area contributed by atoms with Crippen LogP contribution in [0.5, 0.6) is 0 Å². The summed E-state index contributed by atoms with van der Waals surface area (Å²) in [6.45, 7) is 0. The minimum Gasteiger partial charge on any atom is -0.368 e. The molecule has 0 aromatic heterocycles. The highest BCUT2D eigenvalue weighted by molar-refractivity contribution is 5.98. The molecule has 22 heavy (non-hydrogen) atoms. The molecule has 1 aromatic rings. The summed E-state index contributed by atoms with van der Waals surface area (Å²) < 4.78 is 38.6. The SMILES string of the molecule is C#CCCC[C@H](NC(=O)c1ccccc1C(F)(F)F)C(N)=O. The molecule has 0 spiro atoms. The first-order valence-electron chi connectivity index (χ1n) is 6.47. The van der Waals surface area contributed by atoms with Gasteiger partial charge in [0.05, 0.1) is 11.1 Å². The highest BCUT2D eigenvalue weighted by atomic mass is 19.4. The van der Waals surface area contributed by atoms with Gasteiger partial charge in [0.1, 0.15) is 6.04 Å². The van der Waals surface area contributed by atoms with E-state index in [-0.39, 0.29) is 6.42 Å². The average Bonchev–Trinajstić information content (AvgIpc) is 2.45. The van der Waals surface area contributed by atoms with Crippen LogP contribution in [0.15, 0.2) is 24.3 Å². The molecule has 1 atom stereocenters. The maximum Gasteiger partial charge on any atom is 0.417 e. The van der Waals surface area contributed by atoms with Crippen LogP contribution in [0.1, 0.15) is 35.2 Å². The Kier molecular flexibility index (Phi) is 5.99. The molecule has 0 aliphatic heterocycles. The van der Waals surface area contributed by atoms with E-state index in [1.165, 1.54) is 12.1 Å². The number of carbonyl (C=O) groups excluding carboxylic acids is 2. The van der Waals surface area contributed by atoms with Crippen molar-refractivity contribution in [3.8, 4) is 12.3 Å². The van der Waals surface area contributed by atoms with Crippen molar-refractivity contribution < 1.29 is 22.8 Å². The molecule has 4 nitrogen and oxygen atoms in total. The summed E-state index contributed by atoms with van der Waals surface area (Å²) in [7, 11) is 0. The topological polar surface area (TPSA) is 72.2 Å². The van der Waals surface area contributed by atoms with Crippen LogP contribution in [-0.2, 0) is 11.0 Å². The molecule has 0 saturated carbocycles. The second kappa shape index (κ2) is 7.50. The molecule has 0 bridgehead atoms. The van der Waals surface area contributed by atoms with Gasteiger partial charge in [0.25, 0.3) is 5.91 Å². The van der Waals surface area contributed by atoms with E-state index in [1.807, 2.05) is 0 Å². The molecule has 0 fully saturated rings. The van der Waals surface area contributed by atoms with Gasteiger partial charge in [0.15, 0.2) is 0 Å². The number of benzene rings is 1. The number of nitrogens with one attached hydrogen (secondary N) is 1. The molecule has 0 radical (unpaired) electrons. The van der Waals surface area contributed by atoms with Crippen LogP contribution in [0.3, 0.4) is 0 Å². The van der Waals surface area contributed by atoms with Crippen molar-refractivity contribution in [3.63, 3.8) is 0 Å². The number of nitrogens with two attached hydrogens (primary N) is 1. The minimum absolute atomic E-state index is 0.166. The van der Waals surface area contributed by atoms with Crippen molar-refractivity contribution in [1.82, 2.24) is 5.32 Å². The lowest BCUT2D eigenvalue weighted by atomic mass is 10.0. The lowest BCUT2D eigenvalue weighted by Gasteiger charge is -2.17. The van der Waals surface area contributed by atoms with Gasteiger partial charge in [0.2, 0.25) is 5.91 Å². The Labute approximate surface area is 125 Å². The van der Waals surface area contributed by atoms with Crippen LogP contribution in [-0.4, -0.2) is 17.9 Å². The number of primary amides is 1. The average molecular weight is 312 g/mol. The van der Waals surface area contributed by atoms with Gasteiger partial charge in [-0.3, -0.25) is 9.59 Å². The van der Waals surface area contributed by atoms with Crippen LogP contribution < -0.4 is 11.1 Å². The largest absolute Gasteiger partial charge is 0.417 e. The molecule has 0 aliphatic carbocycles. The first kappa shape index (κ1) is 17.6. The summed E-state index contributed by atoms with van der Waals surface area (Å²) in [6.07, 6.45) is 1.37. The summed E-state index contributed by atoms with van der Waals surface area (Å²) >= 11 is 0. The van der Waals surface area contributed by atoms with Gasteiger partial charge in [0, 0.05) is 6.42 Å². The van der Waals surface area contributed by atoms with E-state index in [4.69, 9.17) is 12.2 Å². The standard InChI is InChI=1S/C15H15F3N2O2/c1-2-3-4-9-12(13(19)21)20-14(22)10-7-5-6-8-11(10)15(16,17)18/h1,5-8,12H,3-4,9H2,(H2,19,21)(H,20,22)/t12-/m0/s1. The Morgan fingerprint density at radius 1 is 1.32 bits per heavy atom. The van der Waals surface area contributed by atoms with Crippen molar-refractivity contribution in [2.45, 2.75) is 31.5 Å². The van der Waals surface area contributed by atoms with Crippen molar-refractivity contribution in [2.75, 3.05) is 0 Å². The first-order chi connectivity index (χ1) is 10.3. The van der Waals surface area contributed by atoms with Crippen LogP contribution >= 0.6 is 0 Å². The number of hydrogen-bond donors (Lipinski definition) is 2. The third kappa shape index (κ3) is 4.81. The zero-order valence-corrected chi connectivity index (χ0v) is 11.6. The van der Waals surface area contributed by atoms with Crippen LogP contribution in [0.25, 0.3) is 0 Å². The summed E-state index contributed by atoms with van der Waals surface area (Å²) in [6, 6.07) is 3.26. The number of rotatable bonds is 6. The lowest BCUT2D eigenvalue weighted by Crippen LogP contribution is -2.44. The summed E-state index contributed by atoms with van der Waals surface area (Å²) in [4.78, 5) is 23.3. The highest BCUT2D eigenvalue weighted by Gasteiger charge is 2.35. The van der Waals surface area contributed by atoms with Crippen molar-refractivity contribution in [3.05, 3.63) is 35.4 Å². The van der Waals surface area contributed by atoms with Gasteiger partial charge >= 0.3 is 6.18 Å². The number of halogens is 3. The third-order valence-corrected chi connectivity index (χ3v) is 2.94. The van der Waals surface area contributed by atoms with Crippen LogP contribution in [0.2, 0.25) is 0 Å². The minimum atomic E-state index is -4.67. The fourth-order valence-corrected chi connectivity index (χ4v) is 1.86. The molecular weight excluding hydrogens is 297 g/mol. The Morgan fingerprint density at radius 3 is 2.50 bits per heavy atom. The summed E-state index contributed by atoms with van der Waals surface area (Å²) in [5.74, 6) is 0.536. The number of hydrogen-bond acceptors (Lipinski definition) is 2. The molecule has 1 aromatic carbocycles. The molecule has 0 aliphatic rings. The van der Waals surface area contributed by atoms with Crippen LogP contribution in [0, 0.1) is 12.3 Å². The second-order valence-corrected chi connectivity index (χ2v) is 4.57. The quantitative estimate of drug-likeness (QED) is 0.623. The van der Waals surface area contributed by atoms with E-state index >= 15 is 0 Å². The first-order valence-corrected chi connectivity index (χ1v) is 6.47. The predicted molar refractivity (Wildman–Crippen MR) is 74.6 cm³/mol. The number of terminal acetylenes is 1. The van der Waals surface area contributed by atoms with E-state index in [9.17, 15) is 22.8 Å². The van der Waals surface area contributed by atoms with Gasteiger partial charge < -0.3 is 11.1 Å². The Morgan fingerprint density at radius 2 is 1.95 bits per heavy atom. The zero-order chi connectivity index (χ0) is 16.8. The highest BCUT2D eigenvalue weighted by Crippen LogP contribution is 2.31. The van der Waals surface area contributed by atoms with Crippen molar-refractivity contribution in [1.29, 1.82) is 0 Å². The van der Waals surface area contributed by atoms with Gasteiger partial charge in [-0.2, -0.15) is 13.2 Å². The number of unbranched alkanes of at least 4 members (excludes halogenated alkanes) is 1. The van der Waals surface area contributed by atoms with E-state index < -0.39 is 35.2 Å². The summed E-state index contributed by atoms with van der Waals surface area (Å²) in [5.41, 5.74) is 3.51. The van der Waals surface area contributed by atoms with E-state index in [0.717, 1.165) is 12.1 Å². The second-order valence-electron chi connectivity index (χ2n) is 4.57. The lowest BCUT2D eigenvalue weighted by molar-refractivity contribution is -0.137. The molecule has 0 saturated heterocycles. The molecule has 118 valence electrons. The maximum absolute atomic E-state index is 12.9. The van der Waals surface area contributed by atoms with Crippen molar-refractivity contribution >= 4 is 11.8 Å². The fraction of sp³-hybridized carbons (Fsp3) is 0.333. The van der Waals surface area contributed by atoms with Gasteiger partial charge in [-0.15, -0.1) is 12.3 Å². The van der Waals surface area contributed by atoms with Gasteiger partial charge in [-0.25, -0.2) is 0 Å². The molecule has 7 heteroatoms. The zero-order valence-electron chi connectivity index (χ0n) is 11.6. The number of carbonyl (C=O) groups is 2. The van der Waals surface area contributed by atoms with Crippen LogP contribution in [0.4, 0.5) is 13.2 Å². The Hall–Kier alpha value is -2.49. The normalized spacial score (nSPS) is 12.3. The van der Waals surface area contributed by atoms with E-state index in [1.54, 1.807) is 0 Å². The van der Waals surface area contributed by atoms with Crippen molar-refractivity contribution in [2.24, 2.45) is 5.73 Å². The van der Waals surface area contributed by atoms with Gasteiger partial charge in [-0.1, -0.05) is 12.1 Å². The fourth-order valence-electron chi connectivity index (χ4n) is 1.86. The third-order valence-electron chi connectivity index (χ3n) is 2.94. The number of alkyl halides is 3. The molecule has 0 unspecified atom stereocenters. The van der Waals surface area contributed by atoms with Gasteiger partial charge in [-0.05, 0) is 25.0 Å². The molecule has 2 amide bonds. The Balaban J connectivity index is 2.92. The summed E-state index contributed by atoms with van der Waals surface area (Å²) in [5, 5.41) is 2.22. The molecule has 0 heterocycles.